The van der Waals surface area contributed by atoms with Gasteiger partial charge in [0.1, 0.15) is 4.21 Å². The van der Waals surface area contributed by atoms with Crippen LogP contribution in [0.5, 0.6) is 0 Å². The van der Waals surface area contributed by atoms with Crippen LogP contribution in [0.15, 0.2) is 46.7 Å². The molecule has 33 heavy (non-hydrogen) atoms. The minimum Gasteiger partial charge on any atom is -0.465 e. The quantitative estimate of drug-likeness (QED) is 0.516. The molecule has 0 radical (unpaired) electrons. The predicted octanol–water partition coefficient (Wildman–Crippen LogP) is 3.27. The first-order valence-corrected chi connectivity index (χ1v) is 13.2. The Morgan fingerprint density at radius 1 is 1.09 bits per heavy atom. The van der Waals surface area contributed by atoms with Gasteiger partial charge < -0.3 is 9.47 Å². The molecule has 0 spiro atoms. The smallest absolute Gasteiger partial charge is 0.340 e. The summed E-state index contributed by atoms with van der Waals surface area (Å²) in [5, 5.41) is 2.41. The lowest BCUT2D eigenvalue weighted by Gasteiger charge is -2.27. The van der Waals surface area contributed by atoms with E-state index in [1.165, 1.54) is 39.1 Å². The van der Waals surface area contributed by atoms with E-state index in [2.05, 4.69) is 35.2 Å². The van der Waals surface area contributed by atoms with Crippen molar-refractivity contribution in [2.24, 2.45) is 0 Å². The van der Waals surface area contributed by atoms with Gasteiger partial charge in [0, 0.05) is 37.6 Å². The van der Waals surface area contributed by atoms with Gasteiger partial charge in [-0.2, -0.15) is 4.31 Å². The molecule has 2 aliphatic heterocycles. The average molecular weight is 487 g/mol. The molecule has 0 N–H and O–H groups in total. The number of morpholine rings is 1. The lowest BCUT2D eigenvalue weighted by atomic mass is 10.0. The second-order valence-corrected chi connectivity index (χ2v) is 11.6. The number of carbonyl (C=O) groups excluding carboxylic acids is 1. The van der Waals surface area contributed by atoms with Gasteiger partial charge in [-0.05, 0) is 34.4 Å². The van der Waals surface area contributed by atoms with E-state index in [-0.39, 0.29) is 9.77 Å². The summed E-state index contributed by atoms with van der Waals surface area (Å²) in [7, 11) is -2.49. The molecule has 1 aromatic heterocycles. The number of methoxy groups -OCH3 is 1. The van der Waals surface area contributed by atoms with Crippen LogP contribution in [0.1, 0.15) is 26.4 Å². The van der Waals surface area contributed by atoms with E-state index in [0.717, 1.165) is 23.5 Å². The number of carbonyl (C=O) groups is 1. The van der Waals surface area contributed by atoms with Gasteiger partial charge in [-0.25, -0.2) is 13.2 Å². The van der Waals surface area contributed by atoms with Crippen molar-refractivity contribution in [3.05, 3.63) is 64.0 Å². The van der Waals surface area contributed by atoms with Crippen LogP contribution < -0.4 is 0 Å². The van der Waals surface area contributed by atoms with E-state index in [1.807, 2.05) is 12.1 Å². The van der Waals surface area contributed by atoms with Crippen LogP contribution in [-0.2, 0) is 39.0 Å². The molecule has 0 aliphatic carbocycles. The van der Waals surface area contributed by atoms with Gasteiger partial charge in [0.05, 0.1) is 25.9 Å². The maximum Gasteiger partial charge on any atom is 0.340 e. The maximum atomic E-state index is 13.4. The molecular formula is C24H26N2O5S2. The van der Waals surface area contributed by atoms with Crippen molar-refractivity contribution in [2.75, 3.05) is 40.0 Å². The molecule has 0 amide bonds. The third-order valence-electron chi connectivity index (χ3n) is 6.26. The van der Waals surface area contributed by atoms with E-state index in [4.69, 9.17) is 9.47 Å². The number of benzene rings is 2. The van der Waals surface area contributed by atoms with Crippen LogP contribution in [0, 0.1) is 0 Å². The summed E-state index contributed by atoms with van der Waals surface area (Å²) in [4.78, 5) is 15.9. The highest BCUT2D eigenvalue weighted by Gasteiger charge is 2.37. The van der Waals surface area contributed by atoms with Gasteiger partial charge in [-0.3, -0.25) is 4.90 Å². The van der Waals surface area contributed by atoms with Crippen molar-refractivity contribution in [1.82, 2.24) is 9.21 Å². The Morgan fingerprint density at radius 2 is 1.85 bits per heavy atom. The normalized spacial score (nSPS) is 17.7. The molecule has 0 atom stereocenters. The molecule has 0 unspecified atom stereocenters. The van der Waals surface area contributed by atoms with Crippen molar-refractivity contribution >= 4 is 38.1 Å². The fraction of sp³-hybridized carbons (Fsp3) is 0.375. The Labute approximate surface area is 197 Å². The Bertz CT molecular complexity index is 1300. The summed E-state index contributed by atoms with van der Waals surface area (Å²) < 4.78 is 38.6. The molecule has 174 valence electrons. The van der Waals surface area contributed by atoms with E-state index < -0.39 is 16.0 Å². The summed E-state index contributed by atoms with van der Waals surface area (Å²) in [5.74, 6) is -0.581. The summed E-state index contributed by atoms with van der Waals surface area (Å²) in [5.41, 5.74) is 2.24. The zero-order chi connectivity index (χ0) is 23.0. The van der Waals surface area contributed by atoms with E-state index in [0.29, 0.717) is 39.3 Å². The van der Waals surface area contributed by atoms with Gasteiger partial charge in [0.25, 0.3) is 10.0 Å². The first-order valence-electron chi connectivity index (χ1n) is 11.0. The third-order valence-corrected chi connectivity index (χ3v) is 9.87. The zero-order valence-corrected chi connectivity index (χ0v) is 20.1. The molecule has 1 saturated heterocycles. The van der Waals surface area contributed by atoms with Crippen LogP contribution in [0.25, 0.3) is 10.8 Å². The highest BCUT2D eigenvalue weighted by molar-refractivity contribution is 7.91. The van der Waals surface area contributed by atoms with Crippen LogP contribution in [-0.4, -0.2) is 63.6 Å². The number of nitrogens with zero attached hydrogens (tertiary/aromatic N) is 2. The van der Waals surface area contributed by atoms with E-state index in [1.54, 1.807) is 0 Å². The number of ether oxygens (including phenoxy) is 2. The second kappa shape index (κ2) is 9.15. The fourth-order valence-electron chi connectivity index (χ4n) is 4.56. The molecule has 1 fully saturated rings. The molecule has 7 nitrogen and oxygen atoms in total. The van der Waals surface area contributed by atoms with Gasteiger partial charge in [-0.1, -0.05) is 36.4 Å². The van der Waals surface area contributed by atoms with Crippen molar-refractivity contribution in [2.45, 2.75) is 23.7 Å². The van der Waals surface area contributed by atoms with Gasteiger partial charge in [0.2, 0.25) is 0 Å². The Balaban J connectivity index is 1.44. The summed E-state index contributed by atoms with van der Waals surface area (Å²) in [6.07, 6.45) is 0.614. The lowest BCUT2D eigenvalue weighted by Crippen LogP contribution is -2.40. The lowest BCUT2D eigenvalue weighted by molar-refractivity contribution is 0.0594. The molecule has 0 saturated carbocycles. The van der Waals surface area contributed by atoms with Crippen LogP contribution in [0.4, 0.5) is 0 Å². The third kappa shape index (κ3) is 4.31. The van der Waals surface area contributed by atoms with Crippen molar-refractivity contribution in [3.63, 3.8) is 0 Å². The molecule has 5 rings (SSSR count). The number of fused-ring (bicyclic) bond motifs is 2. The fourth-order valence-corrected chi connectivity index (χ4v) is 8.03. The molecule has 3 heterocycles. The molecule has 2 aliphatic rings. The van der Waals surface area contributed by atoms with Crippen molar-refractivity contribution in [1.29, 1.82) is 0 Å². The number of hydrogen-bond donors (Lipinski definition) is 0. The Kier molecular flexibility index (Phi) is 6.24. The zero-order valence-electron chi connectivity index (χ0n) is 18.5. The van der Waals surface area contributed by atoms with Crippen molar-refractivity contribution < 1.29 is 22.7 Å². The minimum absolute atomic E-state index is 0.105. The van der Waals surface area contributed by atoms with Crippen LogP contribution >= 0.6 is 11.3 Å². The average Bonchev–Trinajstić information content (AvgIpc) is 3.24. The van der Waals surface area contributed by atoms with Gasteiger partial charge in [-0.15, -0.1) is 11.3 Å². The topological polar surface area (TPSA) is 76.2 Å². The summed E-state index contributed by atoms with van der Waals surface area (Å²) in [6.45, 7) is 3.42. The number of esters is 1. The molecule has 0 bridgehead atoms. The monoisotopic (exact) mass is 486 g/mol. The van der Waals surface area contributed by atoms with E-state index in [9.17, 15) is 13.2 Å². The molecule has 2 aromatic carbocycles. The summed E-state index contributed by atoms with van der Waals surface area (Å²) >= 11 is 1.21. The second-order valence-electron chi connectivity index (χ2n) is 8.32. The standard InChI is InChI=1S/C24H26N2O5S2/c1-30-23(27)22-20-8-9-25(15-17-6-7-18-4-2-3-5-19(18)14-17)16-21(20)32-24(22)33(28,29)26-10-12-31-13-11-26/h2-7,14H,8-13,15-16H2,1H3. The van der Waals surface area contributed by atoms with Crippen LogP contribution in [0.3, 0.4) is 0 Å². The van der Waals surface area contributed by atoms with Crippen LogP contribution in [0.2, 0.25) is 0 Å². The highest BCUT2D eigenvalue weighted by Crippen LogP contribution is 2.38. The van der Waals surface area contributed by atoms with E-state index >= 15 is 0 Å². The number of sulfonamides is 1. The largest absolute Gasteiger partial charge is 0.465 e. The Hall–Kier alpha value is -2.30. The minimum atomic E-state index is -3.79. The number of thiophene rings is 1. The maximum absolute atomic E-state index is 13.4. The SMILES string of the molecule is COC(=O)c1c(S(=O)(=O)N2CCOCC2)sc2c1CCN(Cc1ccc3ccccc3c1)C2. The highest BCUT2D eigenvalue weighted by atomic mass is 32.2. The molecular weight excluding hydrogens is 460 g/mol. The number of hydrogen-bond acceptors (Lipinski definition) is 7. The van der Waals surface area contributed by atoms with Crippen molar-refractivity contribution in [3.8, 4) is 0 Å². The van der Waals surface area contributed by atoms with Gasteiger partial charge >= 0.3 is 5.97 Å². The first kappa shape index (κ1) is 22.5. The molecule has 3 aromatic rings. The predicted molar refractivity (Wildman–Crippen MR) is 127 cm³/mol. The number of rotatable bonds is 5. The Morgan fingerprint density at radius 3 is 2.61 bits per heavy atom. The first-order chi connectivity index (χ1) is 16.0. The van der Waals surface area contributed by atoms with Gasteiger partial charge in [0.15, 0.2) is 0 Å². The summed E-state index contributed by atoms with van der Waals surface area (Å²) in [6, 6.07) is 14.8. The molecule has 9 heteroatoms.